The van der Waals surface area contributed by atoms with Crippen LogP contribution in [0.2, 0.25) is 0 Å². The number of fused-ring (bicyclic) bond motifs is 3. The van der Waals surface area contributed by atoms with Crippen molar-refractivity contribution in [3.63, 3.8) is 0 Å². The second-order valence-corrected chi connectivity index (χ2v) is 12.3. The Labute approximate surface area is 299 Å². The van der Waals surface area contributed by atoms with Gasteiger partial charge in [0.25, 0.3) is 0 Å². The zero-order chi connectivity index (χ0) is 37.6. The first-order valence-corrected chi connectivity index (χ1v) is 16.7. The molecule has 0 aliphatic carbocycles. The van der Waals surface area contributed by atoms with Crippen molar-refractivity contribution in [2.45, 2.75) is 0 Å². The van der Waals surface area contributed by atoms with Crippen molar-refractivity contribution in [2.75, 3.05) is 4.90 Å². The molecule has 0 saturated carbocycles. The van der Waals surface area contributed by atoms with E-state index in [0.29, 0.717) is 5.56 Å². The van der Waals surface area contributed by atoms with Crippen molar-refractivity contribution in [3.8, 4) is 39.1 Å². The normalized spacial score (nSPS) is 12.6. The number of hydrogen-bond acceptors (Lipinski definition) is 1. The molecule has 0 aliphatic heterocycles. The molecule has 8 aromatic carbocycles. The van der Waals surface area contributed by atoms with Crippen molar-refractivity contribution in [1.29, 1.82) is 0 Å². The van der Waals surface area contributed by atoms with Crippen LogP contribution in [-0.2, 0) is 0 Å². The minimum Gasteiger partial charge on any atom is -0.311 e. The number of nitrogens with zero attached hydrogens (tertiary/aromatic N) is 2. The third kappa shape index (κ3) is 5.43. The summed E-state index contributed by atoms with van der Waals surface area (Å²) in [5, 5.41) is 2.39. The van der Waals surface area contributed by atoms with Gasteiger partial charge in [0.1, 0.15) is 0 Å². The first kappa shape index (κ1) is 24.5. The number of anilines is 3. The van der Waals surface area contributed by atoms with Crippen molar-refractivity contribution >= 4 is 38.9 Å². The molecule has 0 amide bonds. The third-order valence-electron chi connectivity index (χ3n) is 9.29. The molecule has 0 atom stereocenters. The molecule has 0 N–H and O–H groups in total. The fraction of sp³-hybridized carbons (Fsp3) is 0. The summed E-state index contributed by atoms with van der Waals surface area (Å²) in [7, 11) is 0. The van der Waals surface area contributed by atoms with Gasteiger partial charge in [-0.3, -0.25) is 0 Å². The first-order chi connectivity index (χ1) is 26.9. The number of benzene rings is 8. The van der Waals surface area contributed by atoms with Gasteiger partial charge in [-0.2, -0.15) is 0 Å². The zero-order valence-electron chi connectivity index (χ0n) is 32.1. The fourth-order valence-electron chi connectivity index (χ4n) is 6.86. The summed E-state index contributed by atoms with van der Waals surface area (Å²) in [6.45, 7) is 0. The second kappa shape index (κ2) is 12.8. The Morgan fingerprint density at radius 2 is 0.840 bits per heavy atom. The maximum Gasteiger partial charge on any atom is 0.0629 e. The quantitative estimate of drug-likeness (QED) is 0.168. The van der Waals surface area contributed by atoms with Gasteiger partial charge in [-0.15, -0.1) is 0 Å². The van der Waals surface area contributed by atoms with Crippen molar-refractivity contribution in [3.05, 3.63) is 206 Å². The predicted octanol–water partition coefficient (Wildman–Crippen LogP) is 13.3. The number of hydrogen-bond donors (Lipinski definition) is 0. The lowest BCUT2D eigenvalue weighted by atomic mass is 10.0. The molecule has 0 bridgehead atoms. The highest BCUT2D eigenvalue weighted by atomic mass is 15.1. The molecule has 0 radical (unpaired) electrons. The molecule has 9 aromatic rings. The van der Waals surface area contributed by atoms with Crippen LogP contribution < -0.4 is 4.90 Å². The van der Waals surface area contributed by atoms with Crippen LogP contribution in [0.3, 0.4) is 0 Å². The highest BCUT2D eigenvalue weighted by molar-refractivity contribution is 6.10. The number of para-hydroxylation sites is 2. The Balaban J connectivity index is 1.07. The summed E-state index contributed by atoms with van der Waals surface area (Å²) < 4.78 is 43.5. The van der Waals surface area contributed by atoms with Crippen LogP contribution in [0.5, 0.6) is 0 Å². The van der Waals surface area contributed by atoms with Gasteiger partial charge in [-0.05, 0) is 100 Å². The molecule has 2 heteroatoms. The maximum absolute atomic E-state index is 8.45. The molecule has 1 heterocycles. The number of rotatable bonds is 7. The molecular weight excluding hydrogens is 605 g/mol. The molecule has 236 valence electrons. The standard InChI is InChI=1S/C48H34N2/c1-4-12-35(13-5-1)37-20-27-42(28-21-37)49(41-16-8-3-9-17-41)43-29-24-39(25-30-43)40-26-33-48-46(34-40)45-18-10-11-19-47(45)50(48)44-31-22-38(23-32-44)36-14-6-2-7-15-36/h1-34H/i1D,4D,5D,12D,13D. The lowest BCUT2D eigenvalue weighted by Crippen LogP contribution is -2.09. The molecule has 0 aliphatic rings. The Morgan fingerprint density at radius 1 is 0.360 bits per heavy atom. The van der Waals surface area contributed by atoms with E-state index >= 15 is 0 Å². The molecule has 0 saturated heterocycles. The SMILES string of the molecule is [2H]c1c([2H])c([2H])c(-c2ccc(N(c3ccccc3)c3ccc(-c4ccc5c(c4)c4ccccc4n5-c4ccc(-c5ccccc5)cc4)cc3)cc2)c([2H])c1[2H]. The van der Waals surface area contributed by atoms with Gasteiger partial charge in [0.2, 0.25) is 0 Å². The van der Waals surface area contributed by atoms with Gasteiger partial charge in [-0.1, -0.05) is 139 Å². The van der Waals surface area contributed by atoms with E-state index in [0.717, 1.165) is 44.9 Å². The highest BCUT2D eigenvalue weighted by Gasteiger charge is 2.15. The van der Waals surface area contributed by atoms with E-state index < -0.39 is 6.04 Å². The minimum absolute atomic E-state index is 0.189. The van der Waals surface area contributed by atoms with Crippen molar-refractivity contribution in [1.82, 2.24) is 4.57 Å². The topological polar surface area (TPSA) is 8.17 Å². The van der Waals surface area contributed by atoms with Crippen molar-refractivity contribution in [2.24, 2.45) is 0 Å². The number of aromatic nitrogens is 1. The summed E-state index contributed by atoms with van der Waals surface area (Å²) in [4.78, 5) is 2.15. The van der Waals surface area contributed by atoms with E-state index in [1.165, 1.54) is 21.9 Å². The van der Waals surface area contributed by atoms with Crippen LogP contribution in [0.1, 0.15) is 6.85 Å². The minimum atomic E-state index is -0.397. The van der Waals surface area contributed by atoms with Gasteiger partial charge in [0.05, 0.1) is 17.9 Å². The monoisotopic (exact) mass is 643 g/mol. The predicted molar refractivity (Wildman–Crippen MR) is 212 cm³/mol. The summed E-state index contributed by atoms with van der Waals surface area (Å²) >= 11 is 0. The van der Waals surface area contributed by atoms with Crippen LogP contribution in [0, 0.1) is 0 Å². The molecule has 0 fully saturated rings. The van der Waals surface area contributed by atoms with E-state index in [9.17, 15) is 0 Å². The Bertz CT molecular complexity index is 2800. The summed E-state index contributed by atoms with van der Waals surface area (Å²) in [5.41, 5.74) is 11.6. The van der Waals surface area contributed by atoms with E-state index in [4.69, 9.17) is 6.85 Å². The van der Waals surface area contributed by atoms with E-state index in [1.807, 2.05) is 48.5 Å². The largest absolute Gasteiger partial charge is 0.311 e. The van der Waals surface area contributed by atoms with Gasteiger partial charge < -0.3 is 9.47 Å². The van der Waals surface area contributed by atoms with Gasteiger partial charge in [0.15, 0.2) is 0 Å². The first-order valence-electron chi connectivity index (χ1n) is 19.2. The Hall–Kier alpha value is -6.64. The smallest absolute Gasteiger partial charge is 0.0629 e. The van der Waals surface area contributed by atoms with Crippen LogP contribution >= 0.6 is 0 Å². The molecular formula is C48H34N2. The maximum atomic E-state index is 8.45. The Kier molecular flexibility index (Phi) is 6.25. The van der Waals surface area contributed by atoms with E-state index in [-0.39, 0.29) is 29.7 Å². The lowest BCUT2D eigenvalue weighted by Gasteiger charge is -2.26. The summed E-state index contributed by atoms with van der Waals surface area (Å²) in [5.74, 6) is 0. The summed E-state index contributed by atoms with van der Waals surface area (Å²) in [6, 6.07) is 59.1. The van der Waals surface area contributed by atoms with Gasteiger partial charge in [0, 0.05) is 33.5 Å². The second-order valence-electron chi connectivity index (χ2n) is 12.3. The molecule has 0 unspecified atom stereocenters. The average Bonchev–Trinajstić information content (AvgIpc) is 3.57. The molecule has 2 nitrogen and oxygen atoms in total. The highest BCUT2D eigenvalue weighted by Crippen LogP contribution is 2.38. The van der Waals surface area contributed by atoms with Crippen LogP contribution in [-0.4, -0.2) is 4.57 Å². The molecule has 50 heavy (non-hydrogen) atoms. The average molecular weight is 644 g/mol. The van der Waals surface area contributed by atoms with Crippen LogP contribution in [0.15, 0.2) is 206 Å². The Morgan fingerprint density at radius 3 is 1.52 bits per heavy atom. The zero-order valence-corrected chi connectivity index (χ0v) is 27.1. The van der Waals surface area contributed by atoms with Gasteiger partial charge >= 0.3 is 0 Å². The molecule has 0 spiro atoms. The third-order valence-corrected chi connectivity index (χ3v) is 9.29. The fourth-order valence-corrected chi connectivity index (χ4v) is 6.86. The summed E-state index contributed by atoms with van der Waals surface area (Å²) in [6.07, 6.45) is 0. The van der Waals surface area contributed by atoms with E-state index in [2.05, 4.69) is 137 Å². The molecule has 9 rings (SSSR count). The van der Waals surface area contributed by atoms with Crippen molar-refractivity contribution < 1.29 is 6.85 Å². The molecule has 1 aromatic heterocycles. The van der Waals surface area contributed by atoms with Gasteiger partial charge in [-0.25, -0.2) is 0 Å². The van der Waals surface area contributed by atoms with Crippen LogP contribution in [0.4, 0.5) is 17.1 Å². The van der Waals surface area contributed by atoms with E-state index in [1.54, 1.807) is 0 Å². The van der Waals surface area contributed by atoms with Crippen LogP contribution in [0.25, 0.3) is 60.9 Å². The lowest BCUT2D eigenvalue weighted by molar-refractivity contribution is 1.18.